The molecule has 2 rings (SSSR count). The molecule has 2 aromatic rings. The minimum Gasteiger partial charge on any atom is -0.310 e. The summed E-state index contributed by atoms with van der Waals surface area (Å²) in [4.78, 5) is 0. The van der Waals surface area contributed by atoms with Crippen molar-refractivity contribution in [2.75, 3.05) is 6.54 Å². The zero-order valence-corrected chi connectivity index (χ0v) is 16.6. The van der Waals surface area contributed by atoms with Crippen LogP contribution in [-0.2, 0) is 6.42 Å². The molecule has 1 atom stereocenters. The number of hydrogen-bond donors (Lipinski definition) is 1. The second kappa shape index (κ2) is 7.64. The van der Waals surface area contributed by atoms with Gasteiger partial charge in [0.1, 0.15) is 11.6 Å². The van der Waals surface area contributed by atoms with Crippen LogP contribution in [0.2, 0.25) is 0 Å². The number of hydrogen-bond acceptors (Lipinski definition) is 2. The summed E-state index contributed by atoms with van der Waals surface area (Å²) in [6.45, 7) is 2.68. The van der Waals surface area contributed by atoms with Crippen LogP contribution in [0.15, 0.2) is 30.2 Å². The van der Waals surface area contributed by atoms with E-state index in [0.29, 0.717) is 6.54 Å². The van der Waals surface area contributed by atoms with Gasteiger partial charge in [-0.3, -0.25) is 0 Å². The largest absolute Gasteiger partial charge is 0.310 e. The Kier molecular flexibility index (Phi) is 6.38. The molecule has 1 nitrogen and oxygen atoms in total. The summed E-state index contributed by atoms with van der Waals surface area (Å²) >= 11 is 11.6. The third-order valence-corrected chi connectivity index (χ3v) is 6.05. The lowest BCUT2D eigenvalue weighted by atomic mass is 10.00. The van der Waals surface area contributed by atoms with Crippen molar-refractivity contribution in [3.63, 3.8) is 0 Å². The van der Waals surface area contributed by atoms with E-state index >= 15 is 0 Å². The highest BCUT2D eigenvalue weighted by Crippen LogP contribution is 2.37. The van der Waals surface area contributed by atoms with Crippen LogP contribution in [0.25, 0.3) is 0 Å². The Labute approximate surface area is 151 Å². The minimum atomic E-state index is -0.539. The fourth-order valence-electron chi connectivity index (χ4n) is 2.09. The molecule has 0 fully saturated rings. The van der Waals surface area contributed by atoms with Gasteiger partial charge in [0.25, 0.3) is 0 Å². The van der Waals surface area contributed by atoms with Gasteiger partial charge in [0, 0.05) is 11.6 Å². The van der Waals surface area contributed by atoms with Gasteiger partial charge in [-0.25, -0.2) is 8.78 Å². The number of nitrogens with one attached hydrogen (secondary N) is 1. The highest BCUT2D eigenvalue weighted by Gasteiger charge is 2.21. The lowest BCUT2D eigenvalue weighted by Crippen LogP contribution is -2.23. The summed E-state index contributed by atoms with van der Waals surface area (Å²) in [6, 6.07) is 4.47. The first kappa shape index (κ1) is 17.5. The van der Waals surface area contributed by atoms with Crippen molar-refractivity contribution < 1.29 is 8.78 Å². The van der Waals surface area contributed by atoms with E-state index in [0.717, 1.165) is 13.1 Å². The summed E-state index contributed by atoms with van der Waals surface area (Å²) < 4.78 is 30.3. The van der Waals surface area contributed by atoms with Crippen molar-refractivity contribution in [2.45, 2.75) is 19.4 Å². The van der Waals surface area contributed by atoms with E-state index in [2.05, 4.69) is 53.1 Å². The van der Waals surface area contributed by atoms with Crippen molar-refractivity contribution in [1.82, 2.24) is 5.32 Å². The molecule has 0 saturated carbocycles. The first-order valence-electron chi connectivity index (χ1n) is 6.24. The van der Waals surface area contributed by atoms with Gasteiger partial charge in [-0.15, -0.1) is 11.3 Å². The second-order valence-corrected chi connectivity index (χ2v) is 9.02. The predicted molar refractivity (Wildman–Crippen MR) is 93.9 cm³/mol. The van der Waals surface area contributed by atoms with Crippen LogP contribution in [0.4, 0.5) is 8.78 Å². The van der Waals surface area contributed by atoms with Crippen LogP contribution < -0.4 is 5.32 Å². The topological polar surface area (TPSA) is 12.0 Å². The molecular formula is C14H12Br3F2NS. The Hall–Kier alpha value is 0.180. The Morgan fingerprint density at radius 3 is 2.52 bits per heavy atom. The molecule has 0 spiro atoms. The zero-order chi connectivity index (χ0) is 15.6. The third kappa shape index (κ3) is 4.13. The molecule has 1 N–H and O–H groups in total. The molecule has 114 valence electrons. The van der Waals surface area contributed by atoms with E-state index in [1.807, 2.05) is 13.0 Å². The number of rotatable bonds is 5. The Morgan fingerprint density at radius 2 is 1.95 bits per heavy atom. The number of thiophene rings is 1. The molecule has 0 saturated heterocycles. The van der Waals surface area contributed by atoms with Crippen LogP contribution >= 0.6 is 59.1 Å². The van der Waals surface area contributed by atoms with E-state index in [1.54, 1.807) is 11.3 Å². The lowest BCUT2D eigenvalue weighted by Gasteiger charge is -2.19. The smallest absolute Gasteiger partial charge is 0.143 e. The molecule has 0 radical (unpaired) electrons. The molecule has 1 aromatic heterocycles. The van der Waals surface area contributed by atoms with Gasteiger partial charge in [-0.1, -0.05) is 6.92 Å². The predicted octanol–water partition coefficient (Wildman–Crippen LogP) is 6.21. The number of halogens is 5. The van der Waals surface area contributed by atoms with Crippen molar-refractivity contribution in [1.29, 1.82) is 0 Å². The molecule has 0 aliphatic carbocycles. The normalized spacial score (nSPS) is 12.7. The second-order valence-electron chi connectivity index (χ2n) is 4.42. The number of likely N-dealkylation sites (N-methyl/N-ethyl adjacent to an activating group) is 1. The summed E-state index contributed by atoms with van der Waals surface area (Å²) in [5.74, 6) is -1.06. The zero-order valence-electron chi connectivity index (χ0n) is 11.0. The SMILES string of the molecule is CCNC(Cc1c(F)ccc(Br)c1F)c1cc(Br)sc1Br. The van der Waals surface area contributed by atoms with Gasteiger partial charge in [-0.2, -0.15) is 0 Å². The standard InChI is InChI=1S/C14H12Br3F2NS/c1-2-20-11(8-6-12(16)21-14(8)17)5-7-10(18)4-3-9(15)13(7)19/h3-4,6,11,20H,2,5H2,1H3. The van der Waals surface area contributed by atoms with Crippen LogP contribution in [-0.4, -0.2) is 6.54 Å². The van der Waals surface area contributed by atoms with Crippen molar-refractivity contribution in [3.05, 3.63) is 53.0 Å². The molecular weight excluding hydrogens is 492 g/mol. The molecule has 1 heterocycles. The van der Waals surface area contributed by atoms with Crippen molar-refractivity contribution >= 4 is 59.1 Å². The Morgan fingerprint density at radius 1 is 1.24 bits per heavy atom. The maximum absolute atomic E-state index is 14.2. The maximum atomic E-state index is 14.2. The molecule has 0 bridgehead atoms. The van der Waals surface area contributed by atoms with Gasteiger partial charge in [-0.05, 0) is 84.5 Å². The molecule has 0 aliphatic heterocycles. The first-order chi connectivity index (χ1) is 9.93. The molecule has 0 amide bonds. The fraction of sp³-hybridized carbons (Fsp3) is 0.286. The average molecular weight is 504 g/mol. The first-order valence-corrected chi connectivity index (χ1v) is 9.44. The van der Waals surface area contributed by atoms with Gasteiger partial charge in [0.15, 0.2) is 0 Å². The molecule has 21 heavy (non-hydrogen) atoms. The molecule has 1 aromatic carbocycles. The summed E-state index contributed by atoms with van der Waals surface area (Å²) in [5, 5.41) is 3.28. The molecule has 7 heteroatoms. The minimum absolute atomic E-state index is 0.0875. The van der Waals surface area contributed by atoms with Crippen LogP contribution in [0.1, 0.15) is 24.1 Å². The van der Waals surface area contributed by atoms with Gasteiger partial charge >= 0.3 is 0 Å². The number of benzene rings is 1. The summed E-state index contributed by atoms with van der Waals surface area (Å²) in [5.41, 5.74) is 1.08. The molecule has 1 unspecified atom stereocenters. The van der Waals surface area contributed by atoms with E-state index in [1.165, 1.54) is 12.1 Å². The highest BCUT2D eigenvalue weighted by atomic mass is 79.9. The van der Waals surface area contributed by atoms with Crippen LogP contribution in [0, 0.1) is 11.6 Å². The lowest BCUT2D eigenvalue weighted by molar-refractivity contribution is 0.497. The van der Waals surface area contributed by atoms with Crippen LogP contribution in [0.3, 0.4) is 0 Å². The van der Waals surface area contributed by atoms with Crippen LogP contribution in [0.5, 0.6) is 0 Å². The Bertz CT molecular complexity index is 645. The molecule has 0 aliphatic rings. The average Bonchev–Trinajstić information content (AvgIpc) is 2.77. The van der Waals surface area contributed by atoms with Gasteiger partial charge < -0.3 is 5.32 Å². The van der Waals surface area contributed by atoms with E-state index in [-0.39, 0.29) is 22.5 Å². The Balaban J connectivity index is 2.37. The highest BCUT2D eigenvalue weighted by molar-refractivity contribution is 9.12. The fourth-order valence-corrected chi connectivity index (χ4v) is 5.43. The van der Waals surface area contributed by atoms with Gasteiger partial charge in [0.05, 0.1) is 12.0 Å². The van der Waals surface area contributed by atoms with E-state index < -0.39 is 11.6 Å². The van der Waals surface area contributed by atoms with E-state index in [9.17, 15) is 8.78 Å². The maximum Gasteiger partial charge on any atom is 0.143 e. The van der Waals surface area contributed by atoms with E-state index in [4.69, 9.17) is 0 Å². The van der Waals surface area contributed by atoms with Gasteiger partial charge in [0.2, 0.25) is 0 Å². The summed E-state index contributed by atoms with van der Waals surface area (Å²) in [7, 11) is 0. The quantitative estimate of drug-likeness (QED) is 0.478. The third-order valence-electron chi connectivity index (χ3n) is 3.06. The van der Waals surface area contributed by atoms with Crippen molar-refractivity contribution in [3.8, 4) is 0 Å². The summed E-state index contributed by atoms with van der Waals surface area (Å²) in [6.07, 6.45) is 0.243. The van der Waals surface area contributed by atoms with Crippen molar-refractivity contribution in [2.24, 2.45) is 0 Å². The monoisotopic (exact) mass is 501 g/mol.